The van der Waals surface area contributed by atoms with E-state index in [0.717, 1.165) is 6.33 Å². The molecule has 2 aromatic rings. The van der Waals surface area contributed by atoms with Gasteiger partial charge >= 0.3 is 5.69 Å². The summed E-state index contributed by atoms with van der Waals surface area (Å²) in [5, 5.41) is 13.3. The summed E-state index contributed by atoms with van der Waals surface area (Å²) in [6.07, 6.45) is 1.11. The van der Waals surface area contributed by atoms with Gasteiger partial charge in [-0.25, -0.2) is 14.4 Å². The van der Waals surface area contributed by atoms with Gasteiger partial charge in [0.25, 0.3) is 0 Å². The number of nitrogens with zero attached hydrogens (tertiary/aromatic N) is 3. The van der Waals surface area contributed by atoms with E-state index in [4.69, 9.17) is 11.6 Å². The summed E-state index contributed by atoms with van der Waals surface area (Å²) in [6.45, 7) is 0.186. The van der Waals surface area contributed by atoms with Crippen molar-refractivity contribution in [2.45, 2.75) is 6.54 Å². The van der Waals surface area contributed by atoms with Crippen LogP contribution in [0.1, 0.15) is 5.56 Å². The van der Waals surface area contributed by atoms with E-state index in [9.17, 15) is 14.5 Å². The molecule has 0 aliphatic heterocycles. The van der Waals surface area contributed by atoms with E-state index in [1.165, 1.54) is 12.1 Å². The van der Waals surface area contributed by atoms with E-state index in [1.807, 2.05) is 0 Å². The molecule has 1 heterocycles. The van der Waals surface area contributed by atoms with Crippen LogP contribution < -0.4 is 5.32 Å². The van der Waals surface area contributed by atoms with E-state index in [0.29, 0.717) is 5.56 Å². The molecular formula is C11H8ClFN4O2. The highest BCUT2D eigenvalue weighted by atomic mass is 35.5. The molecule has 1 N–H and O–H groups in total. The topological polar surface area (TPSA) is 81.0 Å². The maximum Gasteiger partial charge on any atom is 0.348 e. The highest BCUT2D eigenvalue weighted by Crippen LogP contribution is 2.28. The van der Waals surface area contributed by atoms with Crippen molar-refractivity contribution >= 4 is 23.1 Å². The number of rotatable bonds is 4. The lowest BCUT2D eigenvalue weighted by molar-refractivity contribution is -0.384. The molecule has 0 aliphatic rings. The lowest BCUT2D eigenvalue weighted by Crippen LogP contribution is -2.06. The van der Waals surface area contributed by atoms with Gasteiger partial charge in [-0.1, -0.05) is 23.7 Å². The number of halogens is 2. The minimum Gasteiger partial charge on any atom is -0.360 e. The molecule has 6 nitrogen and oxygen atoms in total. The summed E-state index contributed by atoms with van der Waals surface area (Å²) in [6, 6.07) is 5.87. The zero-order valence-electron chi connectivity index (χ0n) is 9.51. The maximum absolute atomic E-state index is 13.0. The van der Waals surface area contributed by atoms with Crippen LogP contribution in [0.15, 0.2) is 30.6 Å². The Morgan fingerprint density at radius 1 is 1.42 bits per heavy atom. The Kier molecular flexibility index (Phi) is 3.86. The van der Waals surface area contributed by atoms with Crippen molar-refractivity contribution in [2.75, 3.05) is 5.32 Å². The van der Waals surface area contributed by atoms with Crippen molar-refractivity contribution in [1.82, 2.24) is 9.97 Å². The second kappa shape index (κ2) is 5.57. The fraction of sp³-hybridized carbons (Fsp3) is 0.0909. The molecule has 1 aromatic carbocycles. The molecule has 19 heavy (non-hydrogen) atoms. The molecule has 2 rings (SSSR count). The van der Waals surface area contributed by atoms with Crippen molar-refractivity contribution < 1.29 is 9.31 Å². The number of nitro groups is 1. The first-order valence-electron chi connectivity index (χ1n) is 5.21. The summed E-state index contributed by atoms with van der Waals surface area (Å²) in [7, 11) is 0. The Morgan fingerprint density at radius 2 is 2.21 bits per heavy atom. The van der Waals surface area contributed by atoms with Gasteiger partial charge < -0.3 is 5.32 Å². The molecule has 1 aromatic heterocycles. The summed E-state index contributed by atoms with van der Waals surface area (Å²) in [4.78, 5) is 17.5. The highest BCUT2D eigenvalue weighted by molar-refractivity contribution is 6.31. The third-order valence-corrected chi connectivity index (χ3v) is 2.59. The first-order valence-corrected chi connectivity index (χ1v) is 5.59. The predicted molar refractivity (Wildman–Crippen MR) is 67.4 cm³/mol. The Bertz CT molecular complexity index is 623. The number of benzene rings is 1. The maximum atomic E-state index is 13.0. The van der Waals surface area contributed by atoms with E-state index < -0.39 is 10.6 Å². The normalized spacial score (nSPS) is 10.2. The largest absolute Gasteiger partial charge is 0.360 e. The minimum atomic E-state index is -0.670. The van der Waals surface area contributed by atoms with Crippen molar-refractivity contribution in [3.05, 3.63) is 57.2 Å². The van der Waals surface area contributed by atoms with E-state index >= 15 is 0 Å². The van der Waals surface area contributed by atoms with Crippen LogP contribution in [0.5, 0.6) is 0 Å². The summed E-state index contributed by atoms with van der Waals surface area (Å²) >= 11 is 5.64. The van der Waals surface area contributed by atoms with Crippen molar-refractivity contribution in [2.24, 2.45) is 0 Å². The average molecular weight is 283 g/mol. The zero-order valence-corrected chi connectivity index (χ0v) is 10.3. The van der Waals surface area contributed by atoms with Gasteiger partial charge in [0.05, 0.1) is 4.92 Å². The van der Waals surface area contributed by atoms with Gasteiger partial charge in [-0.05, 0) is 17.7 Å². The van der Waals surface area contributed by atoms with Crippen LogP contribution in [0.4, 0.5) is 15.9 Å². The second-order valence-electron chi connectivity index (χ2n) is 3.60. The van der Waals surface area contributed by atoms with Crippen LogP contribution in [0, 0.1) is 15.9 Å². The highest BCUT2D eigenvalue weighted by Gasteiger charge is 2.21. The van der Waals surface area contributed by atoms with Gasteiger partial charge in [-0.2, -0.15) is 0 Å². The third-order valence-electron chi connectivity index (χ3n) is 2.31. The van der Waals surface area contributed by atoms with Crippen LogP contribution in [0.25, 0.3) is 0 Å². The van der Waals surface area contributed by atoms with Crippen molar-refractivity contribution in [3.63, 3.8) is 0 Å². The van der Waals surface area contributed by atoms with Crippen LogP contribution >= 0.6 is 11.6 Å². The van der Waals surface area contributed by atoms with E-state index in [1.54, 1.807) is 12.1 Å². The molecule has 0 radical (unpaired) electrons. The second-order valence-corrected chi connectivity index (χ2v) is 3.96. The Labute approximate surface area is 112 Å². The molecule has 0 saturated heterocycles. The number of hydrogen-bond donors (Lipinski definition) is 1. The predicted octanol–water partition coefficient (Wildman–Crippen LogP) is 2.79. The summed E-state index contributed by atoms with van der Waals surface area (Å²) < 4.78 is 13.0. The fourth-order valence-corrected chi connectivity index (χ4v) is 1.68. The van der Waals surface area contributed by atoms with Gasteiger partial charge in [0.15, 0.2) is 0 Å². The first kappa shape index (κ1) is 13.2. The Hall–Kier alpha value is -2.28. The average Bonchev–Trinajstić information content (AvgIpc) is 2.36. The lowest BCUT2D eigenvalue weighted by Gasteiger charge is -2.06. The van der Waals surface area contributed by atoms with Gasteiger partial charge in [0.2, 0.25) is 11.0 Å². The quantitative estimate of drug-likeness (QED) is 0.530. The summed E-state index contributed by atoms with van der Waals surface area (Å²) in [5.41, 5.74) is 0.226. The standard InChI is InChI=1S/C11H8ClFN4O2/c12-10-9(17(18)19)11(16-6-15-10)14-5-7-2-1-3-8(13)4-7/h1-4,6H,5H2,(H,14,15,16). The molecule has 0 saturated carbocycles. The number of nitrogens with one attached hydrogen (secondary N) is 1. The van der Waals surface area contributed by atoms with E-state index in [-0.39, 0.29) is 23.3 Å². The number of aromatic nitrogens is 2. The molecular weight excluding hydrogens is 275 g/mol. The van der Waals surface area contributed by atoms with E-state index in [2.05, 4.69) is 15.3 Å². The molecule has 0 spiro atoms. The minimum absolute atomic E-state index is 0.00531. The van der Waals surface area contributed by atoms with Crippen LogP contribution in [-0.2, 0) is 6.54 Å². The molecule has 0 fully saturated rings. The van der Waals surface area contributed by atoms with Crippen LogP contribution in [-0.4, -0.2) is 14.9 Å². The molecule has 98 valence electrons. The van der Waals surface area contributed by atoms with Gasteiger partial charge in [0.1, 0.15) is 12.1 Å². The van der Waals surface area contributed by atoms with Gasteiger partial charge in [0, 0.05) is 6.54 Å². The smallest absolute Gasteiger partial charge is 0.348 e. The molecule has 0 atom stereocenters. The van der Waals surface area contributed by atoms with Crippen molar-refractivity contribution in [1.29, 1.82) is 0 Å². The molecule has 0 bridgehead atoms. The number of hydrogen-bond acceptors (Lipinski definition) is 5. The molecule has 0 amide bonds. The molecule has 0 aliphatic carbocycles. The lowest BCUT2D eigenvalue weighted by atomic mass is 10.2. The Balaban J connectivity index is 2.20. The molecule has 8 heteroatoms. The monoisotopic (exact) mass is 282 g/mol. The van der Waals surface area contributed by atoms with Crippen LogP contribution in [0.3, 0.4) is 0 Å². The molecule has 0 unspecified atom stereocenters. The van der Waals surface area contributed by atoms with Crippen LogP contribution in [0.2, 0.25) is 5.15 Å². The summed E-state index contributed by atoms with van der Waals surface area (Å²) in [5.74, 6) is -0.385. The Morgan fingerprint density at radius 3 is 2.89 bits per heavy atom. The van der Waals surface area contributed by atoms with Gasteiger partial charge in [-0.3, -0.25) is 10.1 Å². The third kappa shape index (κ3) is 3.14. The number of anilines is 1. The van der Waals surface area contributed by atoms with Gasteiger partial charge in [-0.15, -0.1) is 0 Å². The SMILES string of the molecule is O=[N+]([O-])c1c(Cl)ncnc1NCc1cccc(F)c1. The van der Waals surface area contributed by atoms with Crippen molar-refractivity contribution in [3.8, 4) is 0 Å². The fourth-order valence-electron chi connectivity index (χ4n) is 1.48. The first-order chi connectivity index (χ1) is 9.08. The zero-order chi connectivity index (χ0) is 13.8.